The van der Waals surface area contributed by atoms with E-state index < -0.39 is 0 Å². The molecule has 0 saturated heterocycles. The van der Waals surface area contributed by atoms with Gasteiger partial charge in [-0.1, -0.05) is 28.1 Å². The van der Waals surface area contributed by atoms with Crippen molar-refractivity contribution < 1.29 is 9.47 Å². The first kappa shape index (κ1) is 15.7. The summed E-state index contributed by atoms with van der Waals surface area (Å²) in [6, 6.07) is 7.80. The summed E-state index contributed by atoms with van der Waals surface area (Å²) < 4.78 is 11.3. The quantitative estimate of drug-likeness (QED) is 0.611. The van der Waals surface area contributed by atoms with Gasteiger partial charge in [-0.25, -0.2) is 4.98 Å². The fourth-order valence-electron chi connectivity index (χ4n) is 1.99. The van der Waals surface area contributed by atoms with Crippen molar-refractivity contribution >= 4 is 15.9 Å². The van der Waals surface area contributed by atoms with E-state index in [2.05, 4.69) is 31.3 Å². The molecule has 6 nitrogen and oxygen atoms in total. The molecule has 0 aliphatic heterocycles. The van der Waals surface area contributed by atoms with Gasteiger partial charge in [-0.2, -0.15) is 4.98 Å². The number of hydrogen-bond acceptors (Lipinski definition) is 6. The maximum Gasteiger partial charge on any atom is 0.240 e. The van der Waals surface area contributed by atoms with Crippen LogP contribution in [0.2, 0.25) is 0 Å². The van der Waals surface area contributed by atoms with E-state index in [0.717, 1.165) is 10.0 Å². The molecule has 3 N–H and O–H groups in total. The molecule has 0 bridgehead atoms. The predicted molar refractivity (Wildman–Crippen MR) is 83.0 cm³/mol. The Hall–Kier alpha value is -1.70. The molecule has 7 heteroatoms. The maximum atomic E-state index is 5.67. The van der Waals surface area contributed by atoms with Crippen molar-refractivity contribution in [3.8, 4) is 11.8 Å². The molecule has 1 aromatic carbocycles. The summed E-state index contributed by atoms with van der Waals surface area (Å²) in [4.78, 5) is 8.57. The Morgan fingerprint density at radius 1 is 1.33 bits per heavy atom. The monoisotopic (exact) mass is 352 g/mol. The van der Waals surface area contributed by atoms with E-state index in [-0.39, 0.29) is 6.04 Å². The lowest BCUT2D eigenvalue weighted by molar-refractivity contribution is 0.349. The van der Waals surface area contributed by atoms with Crippen LogP contribution in [0, 0.1) is 0 Å². The second-order valence-electron chi connectivity index (χ2n) is 4.36. The molecule has 2 aromatic rings. The zero-order valence-electron chi connectivity index (χ0n) is 11.8. The first-order valence-corrected chi connectivity index (χ1v) is 7.12. The molecule has 0 aliphatic carbocycles. The van der Waals surface area contributed by atoms with Crippen molar-refractivity contribution in [3.63, 3.8) is 0 Å². The summed E-state index contributed by atoms with van der Waals surface area (Å²) in [6.07, 6.45) is 2.20. The summed E-state index contributed by atoms with van der Waals surface area (Å²) in [5, 5.41) is 0. The highest BCUT2D eigenvalue weighted by Gasteiger charge is 2.19. The van der Waals surface area contributed by atoms with Gasteiger partial charge in [0, 0.05) is 4.47 Å². The number of halogens is 1. The van der Waals surface area contributed by atoms with Gasteiger partial charge >= 0.3 is 0 Å². The van der Waals surface area contributed by atoms with Crippen LogP contribution in [0.25, 0.3) is 0 Å². The average molecular weight is 353 g/mol. The normalized spacial score (nSPS) is 12.0. The molecule has 0 spiro atoms. The fourth-order valence-corrected chi connectivity index (χ4v) is 2.43. The number of nitrogens with one attached hydrogen (secondary N) is 1. The van der Waals surface area contributed by atoms with Gasteiger partial charge in [0.15, 0.2) is 0 Å². The lowest BCUT2D eigenvalue weighted by atomic mass is 10.0. The zero-order valence-corrected chi connectivity index (χ0v) is 13.4. The van der Waals surface area contributed by atoms with Gasteiger partial charge in [-0.3, -0.25) is 11.3 Å². The Kier molecular flexibility index (Phi) is 5.49. The summed E-state index contributed by atoms with van der Waals surface area (Å²) in [6.45, 7) is 0. The van der Waals surface area contributed by atoms with E-state index in [1.807, 2.05) is 24.3 Å². The largest absolute Gasteiger partial charge is 0.480 e. The van der Waals surface area contributed by atoms with Crippen LogP contribution in [0.1, 0.15) is 17.3 Å². The third-order valence-corrected chi connectivity index (χ3v) is 3.50. The van der Waals surface area contributed by atoms with Crippen LogP contribution in [0.4, 0.5) is 0 Å². The number of nitrogens with two attached hydrogens (primary N) is 1. The predicted octanol–water partition coefficient (Wildman–Crippen LogP) is 2.00. The Bertz CT molecular complexity index is 609. The lowest BCUT2D eigenvalue weighted by Crippen LogP contribution is -2.30. The van der Waals surface area contributed by atoms with Crippen molar-refractivity contribution in [2.45, 2.75) is 12.5 Å². The van der Waals surface area contributed by atoms with Gasteiger partial charge in [-0.05, 0) is 24.1 Å². The molecule has 112 valence electrons. The molecule has 1 aromatic heterocycles. The number of hydrogen-bond donors (Lipinski definition) is 2. The highest BCUT2D eigenvalue weighted by Crippen LogP contribution is 2.26. The van der Waals surface area contributed by atoms with Crippen LogP contribution in [0.15, 0.2) is 34.9 Å². The minimum absolute atomic E-state index is 0.215. The van der Waals surface area contributed by atoms with E-state index in [0.29, 0.717) is 23.9 Å². The third-order valence-electron chi connectivity index (χ3n) is 3.01. The van der Waals surface area contributed by atoms with Gasteiger partial charge in [-0.15, -0.1) is 0 Å². The Labute approximate surface area is 131 Å². The average Bonchev–Trinajstić information content (AvgIpc) is 2.52. The van der Waals surface area contributed by atoms with Crippen LogP contribution in [0.5, 0.6) is 11.8 Å². The third kappa shape index (κ3) is 3.90. The number of aromatic nitrogens is 2. The van der Waals surface area contributed by atoms with E-state index in [9.17, 15) is 0 Å². The smallest absolute Gasteiger partial charge is 0.240 e. The number of hydrazine groups is 1. The minimum Gasteiger partial charge on any atom is -0.480 e. The number of nitrogens with zero attached hydrogens (tertiary/aromatic N) is 2. The molecule has 0 radical (unpaired) electrons. The lowest BCUT2D eigenvalue weighted by Gasteiger charge is -2.17. The van der Waals surface area contributed by atoms with Gasteiger partial charge in [0.05, 0.1) is 26.5 Å². The highest BCUT2D eigenvalue weighted by atomic mass is 79.9. The van der Waals surface area contributed by atoms with Gasteiger partial charge < -0.3 is 9.47 Å². The standard InChI is InChI=1S/C14H17BrN4O2/c1-20-12-8-17-13(14(18-12)21-2)11(19-16)7-9-4-3-5-10(15)6-9/h3-6,8,11,19H,7,16H2,1-2H3. The van der Waals surface area contributed by atoms with Crippen molar-refractivity contribution in [3.05, 3.63) is 46.2 Å². The molecular formula is C14H17BrN4O2. The Balaban J connectivity index is 2.28. The summed E-state index contributed by atoms with van der Waals surface area (Å²) in [5.74, 6) is 6.46. The van der Waals surface area contributed by atoms with E-state index >= 15 is 0 Å². The van der Waals surface area contributed by atoms with Crippen molar-refractivity contribution in [2.24, 2.45) is 5.84 Å². The molecule has 0 fully saturated rings. The molecule has 0 aliphatic rings. The molecular weight excluding hydrogens is 336 g/mol. The van der Waals surface area contributed by atoms with Gasteiger partial charge in [0.1, 0.15) is 5.69 Å². The van der Waals surface area contributed by atoms with E-state index in [4.69, 9.17) is 15.3 Å². The Morgan fingerprint density at radius 3 is 2.76 bits per heavy atom. The molecule has 0 amide bonds. The van der Waals surface area contributed by atoms with E-state index in [1.54, 1.807) is 13.3 Å². The molecule has 0 saturated carbocycles. The first-order chi connectivity index (χ1) is 10.2. The summed E-state index contributed by atoms with van der Waals surface area (Å²) in [5.41, 5.74) is 4.52. The van der Waals surface area contributed by atoms with Crippen LogP contribution < -0.4 is 20.7 Å². The van der Waals surface area contributed by atoms with Crippen molar-refractivity contribution in [1.29, 1.82) is 0 Å². The second kappa shape index (κ2) is 7.35. The van der Waals surface area contributed by atoms with Crippen molar-refractivity contribution in [1.82, 2.24) is 15.4 Å². The highest BCUT2D eigenvalue weighted by molar-refractivity contribution is 9.10. The SMILES string of the molecule is COc1cnc(C(Cc2cccc(Br)c2)NN)c(OC)n1. The number of benzene rings is 1. The first-order valence-electron chi connectivity index (χ1n) is 6.33. The van der Waals surface area contributed by atoms with Crippen LogP contribution in [-0.2, 0) is 6.42 Å². The summed E-state index contributed by atoms with van der Waals surface area (Å²) >= 11 is 3.46. The number of methoxy groups -OCH3 is 2. The number of rotatable bonds is 6. The van der Waals surface area contributed by atoms with E-state index in [1.165, 1.54) is 7.11 Å². The molecule has 1 unspecified atom stereocenters. The van der Waals surface area contributed by atoms with Gasteiger partial charge in [0.25, 0.3) is 0 Å². The van der Waals surface area contributed by atoms with Crippen LogP contribution in [-0.4, -0.2) is 24.2 Å². The topological polar surface area (TPSA) is 82.3 Å². The molecule has 1 heterocycles. The zero-order chi connectivity index (χ0) is 15.2. The minimum atomic E-state index is -0.215. The fraction of sp³-hybridized carbons (Fsp3) is 0.286. The molecule has 21 heavy (non-hydrogen) atoms. The molecule has 2 rings (SSSR count). The maximum absolute atomic E-state index is 5.67. The molecule has 1 atom stereocenters. The van der Waals surface area contributed by atoms with Crippen LogP contribution in [0.3, 0.4) is 0 Å². The van der Waals surface area contributed by atoms with Crippen molar-refractivity contribution in [2.75, 3.05) is 14.2 Å². The second-order valence-corrected chi connectivity index (χ2v) is 5.28. The Morgan fingerprint density at radius 2 is 2.14 bits per heavy atom. The number of ether oxygens (including phenoxy) is 2. The summed E-state index contributed by atoms with van der Waals surface area (Å²) in [7, 11) is 3.07. The van der Waals surface area contributed by atoms with Gasteiger partial charge in [0.2, 0.25) is 11.8 Å². The van der Waals surface area contributed by atoms with Crippen LogP contribution >= 0.6 is 15.9 Å².